The van der Waals surface area contributed by atoms with Crippen molar-refractivity contribution in [2.24, 2.45) is 7.05 Å². The van der Waals surface area contributed by atoms with Crippen LogP contribution in [0.5, 0.6) is 11.5 Å². The average Bonchev–Trinajstić information content (AvgIpc) is 3.26. The highest BCUT2D eigenvalue weighted by molar-refractivity contribution is 6.03. The van der Waals surface area contributed by atoms with Crippen LogP contribution in [0.1, 0.15) is 29.8 Å². The van der Waals surface area contributed by atoms with E-state index in [2.05, 4.69) is 15.5 Å². The molecule has 2 atom stereocenters. The molecule has 1 N–H and O–H groups in total. The van der Waals surface area contributed by atoms with Crippen molar-refractivity contribution in [1.82, 2.24) is 20.2 Å². The number of tetrazole rings is 1. The van der Waals surface area contributed by atoms with Crippen molar-refractivity contribution >= 4 is 17.1 Å². The molecule has 1 saturated heterocycles. The Morgan fingerprint density at radius 1 is 1.09 bits per heavy atom. The molecule has 2 heterocycles. The van der Waals surface area contributed by atoms with Gasteiger partial charge in [0, 0.05) is 35.7 Å². The van der Waals surface area contributed by atoms with E-state index in [1.165, 1.54) is 0 Å². The van der Waals surface area contributed by atoms with E-state index < -0.39 is 18.2 Å². The van der Waals surface area contributed by atoms with Gasteiger partial charge in [0.15, 0.2) is 5.82 Å². The number of aryl methyl sites for hydroxylation is 1. The van der Waals surface area contributed by atoms with Crippen molar-refractivity contribution in [3.05, 3.63) is 77.6 Å². The van der Waals surface area contributed by atoms with E-state index in [9.17, 15) is 9.90 Å². The van der Waals surface area contributed by atoms with Crippen LogP contribution in [0.25, 0.3) is 11.1 Å². The van der Waals surface area contributed by atoms with Crippen LogP contribution in [0.15, 0.2) is 60.7 Å². The summed E-state index contributed by atoms with van der Waals surface area (Å²) in [6, 6.07) is 15.3. The predicted octanol–water partition coefficient (Wildman–Crippen LogP) is 2.81. The maximum atomic E-state index is 11.9. The molecule has 176 valence electrons. The first-order chi connectivity index (χ1) is 16.5. The SMILES string of the molecule is COc1ccccc1C(=C(/C=C/[C@@H]1C[C@@H](O)CC(=O)O1)c1nnnn1C)c1ccccc1OC. The van der Waals surface area contributed by atoms with E-state index in [1.807, 2.05) is 54.6 Å². The number of methoxy groups -OCH3 is 2. The van der Waals surface area contributed by atoms with Gasteiger partial charge in [-0.2, -0.15) is 0 Å². The number of esters is 1. The number of nitrogens with zero attached hydrogens (tertiary/aromatic N) is 4. The number of rotatable bonds is 7. The van der Waals surface area contributed by atoms with Gasteiger partial charge in [0.05, 0.1) is 26.7 Å². The fourth-order valence-electron chi connectivity index (χ4n) is 4.00. The number of allylic oxidation sites excluding steroid dienone is 2. The molecule has 0 unspecified atom stereocenters. The number of cyclic esters (lactones) is 1. The van der Waals surface area contributed by atoms with E-state index >= 15 is 0 Å². The molecular weight excluding hydrogens is 436 g/mol. The highest BCUT2D eigenvalue weighted by Gasteiger charge is 2.26. The van der Waals surface area contributed by atoms with Crippen molar-refractivity contribution in [1.29, 1.82) is 0 Å². The molecule has 9 heteroatoms. The first-order valence-corrected chi connectivity index (χ1v) is 10.8. The Morgan fingerprint density at radius 2 is 1.71 bits per heavy atom. The molecule has 3 aromatic rings. The quantitative estimate of drug-likeness (QED) is 0.422. The van der Waals surface area contributed by atoms with Gasteiger partial charge < -0.3 is 19.3 Å². The summed E-state index contributed by atoms with van der Waals surface area (Å²) in [6.45, 7) is 0. The van der Waals surface area contributed by atoms with Crippen LogP contribution in [0.4, 0.5) is 0 Å². The summed E-state index contributed by atoms with van der Waals surface area (Å²) in [5.41, 5.74) is 3.04. The minimum Gasteiger partial charge on any atom is -0.496 e. The number of hydrogen-bond donors (Lipinski definition) is 1. The highest BCUT2D eigenvalue weighted by Crippen LogP contribution is 2.40. The third kappa shape index (κ3) is 4.84. The van der Waals surface area contributed by atoms with Gasteiger partial charge in [0.2, 0.25) is 0 Å². The lowest BCUT2D eigenvalue weighted by Crippen LogP contribution is -2.31. The molecule has 0 bridgehead atoms. The third-order valence-corrected chi connectivity index (χ3v) is 5.55. The number of carbonyl (C=O) groups excluding carboxylic acids is 1. The van der Waals surface area contributed by atoms with Crippen LogP contribution in [0.2, 0.25) is 0 Å². The summed E-state index contributed by atoms with van der Waals surface area (Å²) in [7, 11) is 4.97. The second-order valence-corrected chi connectivity index (χ2v) is 7.80. The smallest absolute Gasteiger partial charge is 0.309 e. The first-order valence-electron chi connectivity index (χ1n) is 10.8. The summed E-state index contributed by atoms with van der Waals surface area (Å²) in [5, 5.41) is 22.1. The Bertz CT molecular complexity index is 1180. The standard InChI is InChI=1S/C25H26N4O5/c1-29-25(26-27-28-29)20(13-12-17-14-16(30)15-23(31)34-17)24(18-8-4-6-10-21(18)32-2)19-9-5-7-11-22(19)33-3/h4-13,16-17,30H,14-15H2,1-3H3/b13-12+/t16-,17-/m1/s1. The maximum Gasteiger partial charge on any atom is 0.309 e. The molecule has 2 aromatic carbocycles. The number of aliphatic hydroxyl groups is 1. The molecule has 1 aromatic heterocycles. The summed E-state index contributed by atoms with van der Waals surface area (Å²) in [4.78, 5) is 11.9. The van der Waals surface area contributed by atoms with Gasteiger partial charge in [-0.05, 0) is 28.6 Å². The fourth-order valence-corrected chi connectivity index (χ4v) is 4.00. The van der Waals surface area contributed by atoms with Gasteiger partial charge in [-0.25, -0.2) is 4.68 Å². The van der Waals surface area contributed by atoms with Crippen molar-refractivity contribution in [3.8, 4) is 11.5 Å². The largest absolute Gasteiger partial charge is 0.496 e. The van der Waals surface area contributed by atoms with Gasteiger partial charge in [-0.1, -0.05) is 42.5 Å². The van der Waals surface area contributed by atoms with Gasteiger partial charge in [-0.3, -0.25) is 4.79 Å². The highest BCUT2D eigenvalue weighted by atomic mass is 16.5. The molecule has 1 aliphatic heterocycles. The molecule has 9 nitrogen and oxygen atoms in total. The zero-order valence-electron chi connectivity index (χ0n) is 19.2. The van der Waals surface area contributed by atoms with Crippen LogP contribution < -0.4 is 9.47 Å². The number of aliphatic hydroxyl groups excluding tert-OH is 1. The van der Waals surface area contributed by atoms with Crippen molar-refractivity contribution in [2.45, 2.75) is 25.0 Å². The third-order valence-electron chi connectivity index (χ3n) is 5.55. The number of hydrogen-bond acceptors (Lipinski definition) is 8. The summed E-state index contributed by atoms with van der Waals surface area (Å²) in [6.07, 6.45) is 2.54. The van der Waals surface area contributed by atoms with Crippen LogP contribution in [-0.2, 0) is 16.6 Å². The van der Waals surface area contributed by atoms with Gasteiger partial charge in [0.25, 0.3) is 0 Å². The summed E-state index contributed by atoms with van der Waals surface area (Å²) in [5.74, 6) is 1.37. The Kier molecular flexibility index (Phi) is 7.03. The van der Waals surface area contributed by atoms with Crippen LogP contribution in [-0.4, -0.2) is 57.7 Å². The molecular formula is C25H26N4O5. The van der Waals surface area contributed by atoms with E-state index in [-0.39, 0.29) is 6.42 Å². The topological polar surface area (TPSA) is 109 Å². The zero-order valence-corrected chi connectivity index (χ0v) is 19.2. The molecule has 1 aliphatic rings. The lowest BCUT2D eigenvalue weighted by molar-refractivity contribution is -0.156. The average molecular weight is 463 g/mol. The number of ether oxygens (including phenoxy) is 3. The predicted molar refractivity (Wildman–Crippen MR) is 125 cm³/mol. The normalized spacial score (nSPS) is 17.9. The Hall–Kier alpha value is -3.98. The van der Waals surface area contributed by atoms with Crippen LogP contribution >= 0.6 is 0 Å². The van der Waals surface area contributed by atoms with E-state index in [0.29, 0.717) is 29.3 Å². The molecule has 1 fully saturated rings. The molecule has 0 radical (unpaired) electrons. The molecule has 4 rings (SSSR count). The van der Waals surface area contributed by atoms with Gasteiger partial charge in [0.1, 0.15) is 17.6 Å². The maximum absolute atomic E-state index is 11.9. The van der Waals surface area contributed by atoms with E-state index in [1.54, 1.807) is 32.0 Å². The van der Waals surface area contributed by atoms with Gasteiger partial charge >= 0.3 is 5.97 Å². The minimum absolute atomic E-state index is 0.00603. The van der Waals surface area contributed by atoms with Crippen molar-refractivity contribution in [2.75, 3.05) is 14.2 Å². The molecule has 34 heavy (non-hydrogen) atoms. The minimum atomic E-state index is -0.747. The molecule has 0 spiro atoms. The Labute approximate surface area is 197 Å². The first kappa shape index (κ1) is 23.2. The van der Waals surface area contributed by atoms with Crippen molar-refractivity contribution in [3.63, 3.8) is 0 Å². The second kappa shape index (κ2) is 10.3. The van der Waals surface area contributed by atoms with E-state index in [4.69, 9.17) is 14.2 Å². The molecule has 0 amide bonds. The molecule has 0 aliphatic carbocycles. The number of aromatic nitrogens is 4. The lowest BCUT2D eigenvalue weighted by atomic mass is 9.90. The number of para-hydroxylation sites is 2. The summed E-state index contributed by atoms with van der Waals surface area (Å²) < 4.78 is 18.3. The van der Waals surface area contributed by atoms with Crippen LogP contribution in [0, 0.1) is 0 Å². The molecule has 0 saturated carbocycles. The van der Waals surface area contributed by atoms with E-state index in [0.717, 1.165) is 16.7 Å². The Balaban J connectivity index is 1.99. The van der Waals surface area contributed by atoms with Gasteiger partial charge in [-0.15, -0.1) is 5.10 Å². The van der Waals surface area contributed by atoms with Crippen LogP contribution in [0.3, 0.4) is 0 Å². The van der Waals surface area contributed by atoms with Crippen molar-refractivity contribution < 1.29 is 24.1 Å². The summed E-state index contributed by atoms with van der Waals surface area (Å²) >= 11 is 0. The second-order valence-electron chi connectivity index (χ2n) is 7.80. The monoisotopic (exact) mass is 462 g/mol. The lowest BCUT2D eigenvalue weighted by Gasteiger charge is -2.24. The zero-order chi connectivity index (χ0) is 24.1. The fraction of sp³-hybridized carbons (Fsp3) is 0.280. The number of benzene rings is 2. The Morgan fingerprint density at radius 3 is 2.24 bits per heavy atom. The number of carbonyl (C=O) groups is 1.